The van der Waals surface area contributed by atoms with Crippen LogP contribution in [0.2, 0.25) is 0 Å². The number of aryl methyl sites for hydroxylation is 1. The van der Waals surface area contributed by atoms with E-state index in [1.807, 2.05) is 13.0 Å². The van der Waals surface area contributed by atoms with Gasteiger partial charge in [0.1, 0.15) is 18.2 Å². The summed E-state index contributed by atoms with van der Waals surface area (Å²) < 4.78 is 30.8. The highest BCUT2D eigenvalue weighted by Crippen LogP contribution is 2.24. The number of benzene rings is 1. The maximum absolute atomic E-state index is 11.3. The van der Waals surface area contributed by atoms with Crippen molar-refractivity contribution in [2.75, 3.05) is 22.8 Å². The Labute approximate surface area is 136 Å². The molecule has 2 N–H and O–H groups in total. The number of hydrogen-bond donors (Lipinski definition) is 2. The minimum atomic E-state index is -3.28. The number of aromatic nitrogens is 1. The third-order valence-corrected chi connectivity index (χ3v) is 4.19. The Bertz CT molecular complexity index is 834. The van der Waals surface area contributed by atoms with Crippen molar-refractivity contribution in [3.63, 3.8) is 0 Å². The van der Waals surface area contributed by atoms with Crippen LogP contribution in [0.1, 0.15) is 16.8 Å². The van der Waals surface area contributed by atoms with E-state index in [0.717, 1.165) is 36.3 Å². The van der Waals surface area contributed by atoms with E-state index in [-0.39, 0.29) is 0 Å². The van der Waals surface area contributed by atoms with Crippen LogP contribution in [0, 0.1) is 6.92 Å². The fourth-order valence-electron chi connectivity index (χ4n) is 2.48. The van der Waals surface area contributed by atoms with Gasteiger partial charge in [-0.2, -0.15) is 0 Å². The topological polar surface area (TPSA) is 80.3 Å². The molecule has 0 spiro atoms. The zero-order valence-electron chi connectivity index (χ0n) is 13.1. The molecule has 3 rings (SSSR count). The second-order valence-corrected chi connectivity index (χ2v) is 7.38. The molecule has 1 aliphatic rings. The summed E-state index contributed by atoms with van der Waals surface area (Å²) >= 11 is 0. The number of fused-ring (bicyclic) bond motifs is 1. The predicted octanol–water partition coefficient (Wildman–Crippen LogP) is 2.31. The van der Waals surface area contributed by atoms with Crippen molar-refractivity contribution < 1.29 is 13.2 Å². The van der Waals surface area contributed by atoms with E-state index in [1.54, 1.807) is 18.2 Å². The van der Waals surface area contributed by atoms with Gasteiger partial charge in [-0.3, -0.25) is 4.72 Å². The second kappa shape index (κ2) is 6.08. The van der Waals surface area contributed by atoms with Crippen LogP contribution in [-0.4, -0.2) is 26.2 Å². The van der Waals surface area contributed by atoms with Crippen LogP contribution >= 0.6 is 0 Å². The minimum absolute atomic E-state index is 0.368. The van der Waals surface area contributed by atoms with Gasteiger partial charge in [0.25, 0.3) is 0 Å². The van der Waals surface area contributed by atoms with Gasteiger partial charge in [-0.1, -0.05) is 6.07 Å². The molecule has 0 saturated heterocycles. The van der Waals surface area contributed by atoms with Gasteiger partial charge in [0, 0.05) is 6.54 Å². The summed E-state index contributed by atoms with van der Waals surface area (Å²) in [4.78, 5) is 4.53. The average Bonchev–Trinajstić information content (AvgIpc) is 2.94. The smallest absolute Gasteiger partial charge is 0.229 e. The lowest BCUT2D eigenvalue weighted by Gasteiger charge is -2.11. The Morgan fingerprint density at radius 2 is 2.13 bits per heavy atom. The molecule has 0 saturated carbocycles. The predicted molar refractivity (Wildman–Crippen MR) is 90.4 cm³/mol. The number of hydrogen-bond acceptors (Lipinski definition) is 5. The summed E-state index contributed by atoms with van der Waals surface area (Å²) in [5.41, 5.74) is 3.45. The van der Waals surface area contributed by atoms with E-state index >= 15 is 0 Å². The third-order valence-electron chi connectivity index (χ3n) is 3.60. The van der Waals surface area contributed by atoms with Crippen LogP contribution in [0.5, 0.6) is 5.75 Å². The maximum Gasteiger partial charge on any atom is 0.229 e. The molecule has 7 heteroatoms. The van der Waals surface area contributed by atoms with Crippen molar-refractivity contribution in [2.45, 2.75) is 20.0 Å². The first kappa shape index (κ1) is 15.6. The molecular formula is C16H19N3O3S. The normalized spacial score (nSPS) is 13.3. The highest BCUT2D eigenvalue weighted by molar-refractivity contribution is 7.92. The van der Waals surface area contributed by atoms with Crippen molar-refractivity contribution >= 4 is 21.5 Å². The highest BCUT2D eigenvalue weighted by Gasteiger charge is 2.12. The molecule has 0 radical (unpaired) electrons. The summed E-state index contributed by atoms with van der Waals surface area (Å²) in [6.07, 6.45) is 2.14. The first-order valence-corrected chi connectivity index (χ1v) is 9.24. The monoisotopic (exact) mass is 333 g/mol. The molecule has 23 heavy (non-hydrogen) atoms. The van der Waals surface area contributed by atoms with Crippen LogP contribution in [-0.2, 0) is 23.1 Å². The molecule has 2 heterocycles. The SMILES string of the molecule is Cc1cc(OCc2ccc3c(n2)NCC3)ccc1NS(C)(=O)=O. The first-order chi connectivity index (χ1) is 10.9. The number of ether oxygens (including phenoxy) is 1. The Balaban J connectivity index is 1.68. The molecular weight excluding hydrogens is 314 g/mol. The number of nitrogens with zero attached hydrogens (tertiary/aromatic N) is 1. The van der Waals surface area contributed by atoms with Crippen LogP contribution in [0.4, 0.5) is 11.5 Å². The molecule has 1 aliphatic heterocycles. The Kier molecular flexibility index (Phi) is 4.12. The number of nitrogens with one attached hydrogen (secondary N) is 2. The largest absolute Gasteiger partial charge is 0.487 e. The standard InChI is InChI=1S/C16H19N3O3S/c1-11-9-14(5-6-15(11)19-23(2,20)21)22-10-13-4-3-12-7-8-17-16(12)18-13/h3-6,9,19H,7-8,10H2,1-2H3,(H,17,18). The van der Waals surface area contributed by atoms with Gasteiger partial charge < -0.3 is 10.1 Å². The number of rotatable bonds is 5. The number of pyridine rings is 1. The van der Waals surface area contributed by atoms with E-state index < -0.39 is 10.0 Å². The molecule has 0 amide bonds. The van der Waals surface area contributed by atoms with Gasteiger partial charge in [0.05, 0.1) is 17.6 Å². The van der Waals surface area contributed by atoms with E-state index in [4.69, 9.17) is 4.74 Å². The summed E-state index contributed by atoms with van der Waals surface area (Å²) in [6.45, 7) is 3.13. The Morgan fingerprint density at radius 3 is 2.87 bits per heavy atom. The van der Waals surface area contributed by atoms with Crippen molar-refractivity contribution in [3.8, 4) is 5.75 Å². The lowest BCUT2D eigenvalue weighted by Crippen LogP contribution is -2.10. The fourth-order valence-corrected chi connectivity index (χ4v) is 3.11. The van der Waals surface area contributed by atoms with Crippen molar-refractivity contribution in [1.82, 2.24) is 4.98 Å². The van der Waals surface area contributed by atoms with Crippen LogP contribution in [0.15, 0.2) is 30.3 Å². The first-order valence-electron chi connectivity index (χ1n) is 7.35. The van der Waals surface area contributed by atoms with Crippen LogP contribution in [0.25, 0.3) is 0 Å². The molecule has 1 aromatic heterocycles. The quantitative estimate of drug-likeness (QED) is 0.878. The summed E-state index contributed by atoms with van der Waals surface area (Å²) in [5, 5.41) is 3.25. The molecule has 1 aromatic carbocycles. The molecule has 122 valence electrons. The minimum Gasteiger partial charge on any atom is -0.487 e. The van der Waals surface area contributed by atoms with Gasteiger partial charge in [-0.15, -0.1) is 0 Å². The number of anilines is 2. The van der Waals surface area contributed by atoms with Crippen molar-refractivity contribution in [3.05, 3.63) is 47.2 Å². The van der Waals surface area contributed by atoms with Gasteiger partial charge in [0.15, 0.2) is 0 Å². The Morgan fingerprint density at radius 1 is 1.30 bits per heavy atom. The fraction of sp³-hybridized carbons (Fsp3) is 0.312. The van der Waals surface area contributed by atoms with Gasteiger partial charge in [0.2, 0.25) is 10.0 Å². The van der Waals surface area contributed by atoms with E-state index in [1.165, 1.54) is 5.56 Å². The molecule has 0 atom stereocenters. The molecule has 0 unspecified atom stereocenters. The van der Waals surface area contributed by atoms with Crippen molar-refractivity contribution in [2.24, 2.45) is 0 Å². The van der Waals surface area contributed by atoms with Gasteiger partial charge in [-0.05, 0) is 48.7 Å². The van der Waals surface area contributed by atoms with Gasteiger partial charge >= 0.3 is 0 Å². The second-order valence-electron chi connectivity index (χ2n) is 5.63. The summed E-state index contributed by atoms with van der Waals surface area (Å²) in [7, 11) is -3.28. The number of sulfonamides is 1. The maximum atomic E-state index is 11.3. The van der Waals surface area contributed by atoms with Crippen LogP contribution < -0.4 is 14.8 Å². The lowest BCUT2D eigenvalue weighted by molar-refractivity contribution is 0.301. The molecule has 2 aromatic rings. The highest BCUT2D eigenvalue weighted by atomic mass is 32.2. The summed E-state index contributed by atoms with van der Waals surface area (Å²) in [5.74, 6) is 1.62. The third kappa shape index (κ3) is 3.92. The molecule has 0 bridgehead atoms. The molecule has 0 fully saturated rings. The van der Waals surface area contributed by atoms with E-state index in [0.29, 0.717) is 18.0 Å². The Hall–Kier alpha value is -2.28. The van der Waals surface area contributed by atoms with E-state index in [9.17, 15) is 8.42 Å². The average molecular weight is 333 g/mol. The van der Waals surface area contributed by atoms with E-state index in [2.05, 4.69) is 21.1 Å². The van der Waals surface area contributed by atoms with Gasteiger partial charge in [-0.25, -0.2) is 13.4 Å². The molecule has 6 nitrogen and oxygen atoms in total. The molecule has 0 aliphatic carbocycles. The summed E-state index contributed by atoms with van der Waals surface area (Å²) in [6, 6.07) is 9.29. The van der Waals surface area contributed by atoms with Crippen molar-refractivity contribution in [1.29, 1.82) is 0 Å². The zero-order valence-corrected chi connectivity index (χ0v) is 13.9. The van der Waals surface area contributed by atoms with Crippen LogP contribution in [0.3, 0.4) is 0 Å². The lowest BCUT2D eigenvalue weighted by atomic mass is 10.2. The zero-order chi connectivity index (χ0) is 16.4.